The molecule has 2 aromatic rings. The predicted octanol–water partition coefficient (Wildman–Crippen LogP) is 3.99. The molecular formula is C21H21F3N2O2. The van der Waals surface area contributed by atoms with Gasteiger partial charge in [0.15, 0.2) is 0 Å². The van der Waals surface area contributed by atoms with Crippen molar-refractivity contribution < 1.29 is 22.8 Å². The first kappa shape index (κ1) is 19.9. The number of rotatable bonds is 4. The van der Waals surface area contributed by atoms with Gasteiger partial charge in [-0.25, -0.2) is 0 Å². The Kier molecular flexibility index (Phi) is 5.45. The lowest BCUT2D eigenvalue weighted by molar-refractivity contribution is -0.137. The molecule has 1 unspecified atom stereocenters. The standard InChI is InChI=1S/C21H21F3N2O2/c1-13-6-14(2)8-18(7-13)26-12-16(10-19(26)27)20(28)25-11-15-4-3-5-17(9-15)21(22,23)24/h3-9,16H,10-12H2,1-2H3,(H,25,28). The Morgan fingerprint density at radius 3 is 2.46 bits per heavy atom. The van der Waals surface area contributed by atoms with E-state index in [1.165, 1.54) is 12.1 Å². The van der Waals surface area contributed by atoms with Crippen molar-refractivity contribution in [3.8, 4) is 0 Å². The molecule has 0 saturated carbocycles. The first-order valence-electron chi connectivity index (χ1n) is 8.96. The summed E-state index contributed by atoms with van der Waals surface area (Å²) in [7, 11) is 0. The molecule has 1 N–H and O–H groups in total. The topological polar surface area (TPSA) is 49.4 Å². The van der Waals surface area contributed by atoms with E-state index in [0.29, 0.717) is 5.56 Å². The Hall–Kier alpha value is -2.83. The van der Waals surface area contributed by atoms with Crippen LogP contribution in [0.15, 0.2) is 42.5 Å². The Labute approximate surface area is 161 Å². The molecular weight excluding hydrogens is 369 g/mol. The average Bonchev–Trinajstić information content (AvgIpc) is 3.00. The number of amides is 2. The lowest BCUT2D eigenvalue weighted by Gasteiger charge is -2.18. The Balaban J connectivity index is 1.64. The number of benzene rings is 2. The fourth-order valence-corrected chi connectivity index (χ4v) is 3.43. The summed E-state index contributed by atoms with van der Waals surface area (Å²) in [5.41, 5.74) is 2.42. The molecule has 0 aromatic heterocycles. The van der Waals surface area contributed by atoms with Crippen molar-refractivity contribution in [2.75, 3.05) is 11.4 Å². The third kappa shape index (κ3) is 4.52. The Morgan fingerprint density at radius 1 is 1.14 bits per heavy atom. The zero-order valence-electron chi connectivity index (χ0n) is 15.6. The van der Waals surface area contributed by atoms with Crippen LogP contribution in [0.1, 0.15) is 28.7 Å². The molecule has 2 amide bonds. The molecule has 0 spiro atoms. The van der Waals surface area contributed by atoms with Crippen LogP contribution in [0.3, 0.4) is 0 Å². The molecule has 7 heteroatoms. The highest BCUT2D eigenvalue weighted by Crippen LogP contribution is 2.30. The number of hydrogen-bond acceptors (Lipinski definition) is 2. The van der Waals surface area contributed by atoms with Crippen LogP contribution in [0.25, 0.3) is 0 Å². The summed E-state index contributed by atoms with van der Waals surface area (Å²) in [5.74, 6) is -0.999. The molecule has 3 rings (SSSR count). The lowest BCUT2D eigenvalue weighted by atomic mass is 10.1. The predicted molar refractivity (Wildman–Crippen MR) is 99.7 cm³/mol. The summed E-state index contributed by atoms with van der Waals surface area (Å²) >= 11 is 0. The van der Waals surface area contributed by atoms with Gasteiger partial charge in [0.1, 0.15) is 0 Å². The van der Waals surface area contributed by atoms with Gasteiger partial charge in [0.05, 0.1) is 11.5 Å². The molecule has 2 aromatic carbocycles. The van der Waals surface area contributed by atoms with Crippen LogP contribution in [0.4, 0.5) is 18.9 Å². The second kappa shape index (κ2) is 7.66. The van der Waals surface area contributed by atoms with Gasteiger partial charge in [-0.15, -0.1) is 0 Å². The molecule has 1 fully saturated rings. The van der Waals surface area contributed by atoms with E-state index in [0.717, 1.165) is 28.9 Å². The van der Waals surface area contributed by atoms with Crippen molar-refractivity contribution in [3.63, 3.8) is 0 Å². The largest absolute Gasteiger partial charge is 0.416 e. The van der Waals surface area contributed by atoms with E-state index in [-0.39, 0.29) is 31.3 Å². The van der Waals surface area contributed by atoms with Crippen LogP contribution in [0.2, 0.25) is 0 Å². The summed E-state index contributed by atoms with van der Waals surface area (Å²) in [5, 5.41) is 2.65. The number of anilines is 1. The SMILES string of the molecule is Cc1cc(C)cc(N2CC(C(=O)NCc3cccc(C(F)(F)F)c3)CC2=O)c1. The summed E-state index contributed by atoms with van der Waals surface area (Å²) < 4.78 is 38.4. The number of nitrogens with zero attached hydrogens (tertiary/aromatic N) is 1. The molecule has 1 aliphatic heterocycles. The number of alkyl halides is 3. The smallest absolute Gasteiger partial charge is 0.352 e. The second-order valence-corrected chi connectivity index (χ2v) is 7.17. The van der Waals surface area contributed by atoms with Crippen molar-refractivity contribution in [2.45, 2.75) is 33.0 Å². The highest BCUT2D eigenvalue weighted by atomic mass is 19.4. The molecule has 148 valence electrons. The Bertz CT molecular complexity index is 889. The van der Waals surface area contributed by atoms with Crippen molar-refractivity contribution in [3.05, 3.63) is 64.7 Å². The number of nitrogens with one attached hydrogen (secondary N) is 1. The minimum atomic E-state index is -4.43. The number of aryl methyl sites for hydroxylation is 2. The van der Waals surface area contributed by atoms with E-state index in [2.05, 4.69) is 5.32 Å². The minimum Gasteiger partial charge on any atom is -0.352 e. The van der Waals surface area contributed by atoms with Crippen LogP contribution in [-0.4, -0.2) is 18.4 Å². The van der Waals surface area contributed by atoms with Gasteiger partial charge in [-0.2, -0.15) is 13.2 Å². The zero-order chi connectivity index (χ0) is 20.5. The van der Waals surface area contributed by atoms with Crippen molar-refractivity contribution >= 4 is 17.5 Å². The summed E-state index contributed by atoms with van der Waals surface area (Å²) in [6, 6.07) is 10.6. The van der Waals surface area contributed by atoms with Gasteiger partial charge in [0.2, 0.25) is 11.8 Å². The third-order valence-electron chi connectivity index (χ3n) is 4.74. The molecule has 1 saturated heterocycles. The van der Waals surface area contributed by atoms with Gasteiger partial charge in [0.25, 0.3) is 0 Å². The van der Waals surface area contributed by atoms with Crippen LogP contribution < -0.4 is 10.2 Å². The highest BCUT2D eigenvalue weighted by Gasteiger charge is 2.35. The maximum atomic E-state index is 12.8. The maximum Gasteiger partial charge on any atom is 0.416 e. The zero-order valence-corrected chi connectivity index (χ0v) is 15.6. The molecule has 1 aliphatic rings. The van der Waals surface area contributed by atoms with E-state index in [1.807, 2.05) is 32.0 Å². The number of halogens is 3. The molecule has 1 heterocycles. The molecule has 28 heavy (non-hydrogen) atoms. The molecule has 0 aliphatic carbocycles. The van der Waals surface area contributed by atoms with Gasteiger partial charge in [0, 0.05) is 25.2 Å². The minimum absolute atomic E-state index is 0.0169. The number of carbonyl (C=O) groups excluding carboxylic acids is 2. The van der Waals surface area contributed by atoms with Crippen molar-refractivity contribution in [1.29, 1.82) is 0 Å². The lowest BCUT2D eigenvalue weighted by Crippen LogP contribution is -2.32. The summed E-state index contributed by atoms with van der Waals surface area (Å²) in [4.78, 5) is 26.4. The first-order valence-corrected chi connectivity index (χ1v) is 8.96. The van der Waals surface area contributed by atoms with Gasteiger partial charge >= 0.3 is 6.18 Å². The van der Waals surface area contributed by atoms with E-state index in [1.54, 1.807) is 4.90 Å². The van der Waals surface area contributed by atoms with Crippen molar-refractivity contribution in [1.82, 2.24) is 5.32 Å². The van der Waals surface area contributed by atoms with Gasteiger partial charge in [-0.1, -0.05) is 18.2 Å². The van der Waals surface area contributed by atoms with Gasteiger partial charge < -0.3 is 10.2 Å². The molecule has 1 atom stereocenters. The number of hydrogen-bond donors (Lipinski definition) is 1. The second-order valence-electron chi connectivity index (χ2n) is 7.17. The summed E-state index contributed by atoms with van der Waals surface area (Å²) in [6.45, 7) is 4.12. The molecule has 4 nitrogen and oxygen atoms in total. The van der Waals surface area contributed by atoms with E-state index in [4.69, 9.17) is 0 Å². The monoisotopic (exact) mass is 390 g/mol. The maximum absolute atomic E-state index is 12.8. The van der Waals surface area contributed by atoms with Crippen LogP contribution in [-0.2, 0) is 22.3 Å². The molecule has 0 bridgehead atoms. The van der Waals surface area contributed by atoms with Crippen LogP contribution in [0.5, 0.6) is 0 Å². The quantitative estimate of drug-likeness (QED) is 0.858. The Morgan fingerprint density at radius 2 is 1.82 bits per heavy atom. The van der Waals surface area contributed by atoms with Gasteiger partial charge in [-0.05, 0) is 54.8 Å². The first-order chi connectivity index (χ1) is 13.1. The highest BCUT2D eigenvalue weighted by molar-refractivity contribution is 6.00. The fourth-order valence-electron chi connectivity index (χ4n) is 3.43. The van der Waals surface area contributed by atoms with Crippen molar-refractivity contribution in [2.24, 2.45) is 5.92 Å². The average molecular weight is 390 g/mol. The van der Waals surface area contributed by atoms with Gasteiger partial charge in [-0.3, -0.25) is 9.59 Å². The van der Waals surface area contributed by atoms with Crippen LogP contribution >= 0.6 is 0 Å². The van der Waals surface area contributed by atoms with E-state index in [9.17, 15) is 22.8 Å². The van der Waals surface area contributed by atoms with Crippen LogP contribution in [0, 0.1) is 19.8 Å². The molecule has 0 radical (unpaired) electrons. The fraction of sp³-hybridized carbons (Fsp3) is 0.333. The normalized spacial score (nSPS) is 17.1. The third-order valence-corrected chi connectivity index (χ3v) is 4.74. The van der Waals surface area contributed by atoms with E-state index < -0.39 is 17.7 Å². The number of carbonyl (C=O) groups is 2. The van der Waals surface area contributed by atoms with E-state index >= 15 is 0 Å². The summed E-state index contributed by atoms with van der Waals surface area (Å²) in [6.07, 6.45) is -4.34.